The Morgan fingerprint density at radius 3 is 2.14 bits per heavy atom. The highest BCUT2D eigenvalue weighted by atomic mass is 79.9. The highest BCUT2D eigenvalue weighted by Crippen LogP contribution is 2.17. The van der Waals surface area contributed by atoms with Crippen molar-refractivity contribution in [1.82, 2.24) is 0 Å². The van der Waals surface area contributed by atoms with Crippen molar-refractivity contribution in [3.8, 4) is 0 Å². The third-order valence-corrected chi connectivity index (χ3v) is 5.45. The number of benzene rings is 2. The van der Waals surface area contributed by atoms with Crippen LogP contribution in [0.2, 0.25) is 5.02 Å². The number of Topliss-reactive ketones (excluding diaryl/α,β-unsaturated/α-hetero) is 1. The van der Waals surface area contributed by atoms with Crippen LogP contribution >= 0.6 is 27.5 Å². The molecule has 0 unspecified atom stereocenters. The van der Waals surface area contributed by atoms with Gasteiger partial charge in [0.05, 0.1) is 10.6 Å². The minimum absolute atomic E-state index is 0.0555. The van der Waals surface area contributed by atoms with Gasteiger partial charge >= 0.3 is 0 Å². The van der Waals surface area contributed by atoms with E-state index in [2.05, 4.69) is 15.9 Å². The summed E-state index contributed by atoms with van der Waals surface area (Å²) in [6.07, 6.45) is -0.0555. The van der Waals surface area contributed by atoms with Crippen LogP contribution in [0.4, 0.5) is 0 Å². The van der Waals surface area contributed by atoms with Crippen LogP contribution in [-0.2, 0) is 9.84 Å². The Morgan fingerprint density at radius 2 is 1.57 bits per heavy atom. The molecule has 0 saturated heterocycles. The number of rotatable bonds is 5. The first-order chi connectivity index (χ1) is 9.88. The molecule has 3 nitrogen and oxygen atoms in total. The quantitative estimate of drug-likeness (QED) is 0.724. The minimum Gasteiger partial charge on any atom is -0.294 e. The topological polar surface area (TPSA) is 51.2 Å². The van der Waals surface area contributed by atoms with Crippen molar-refractivity contribution in [3.05, 3.63) is 63.6 Å². The van der Waals surface area contributed by atoms with Gasteiger partial charge in [-0.1, -0.05) is 27.5 Å². The lowest BCUT2D eigenvalue weighted by atomic mass is 10.1. The van der Waals surface area contributed by atoms with Gasteiger partial charge in [-0.05, 0) is 48.5 Å². The van der Waals surface area contributed by atoms with Crippen LogP contribution in [-0.4, -0.2) is 20.0 Å². The monoisotopic (exact) mass is 386 g/mol. The molecule has 0 N–H and O–H groups in total. The molecule has 2 rings (SSSR count). The molecule has 21 heavy (non-hydrogen) atoms. The summed E-state index contributed by atoms with van der Waals surface area (Å²) in [5.74, 6) is -0.428. The summed E-state index contributed by atoms with van der Waals surface area (Å²) in [6.45, 7) is 0. The predicted octanol–water partition coefficient (Wildman–Crippen LogP) is 4.15. The maximum Gasteiger partial charge on any atom is 0.178 e. The van der Waals surface area contributed by atoms with Gasteiger partial charge in [-0.3, -0.25) is 4.79 Å². The van der Waals surface area contributed by atoms with Gasteiger partial charge in [0.15, 0.2) is 15.6 Å². The van der Waals surface area contributed by atoms with E-state index in [4.69, 9.17) is 11.6 Å². The number of halogens is 2. The minimum atomic E-state index is -3.46. The van der Waals surface area contributed by atoms with E-state index in [1.807, 2.05) is 0 Å². The van der Waals surface area contributed by atoms with E-state index < -0.39 is 9.84 Å². The fraction of sp³-hybridized carbons (Fsp3) is 0.133. The Labute approximate surface area is 137 Å². The van der Waals surface area contributed by atoms with Crippen LogP contribution in [0.3, 0.4) is 0 Å². The Kier molecular flexibility index (Phi) is 5.19. The molecular weight excluding hydrogens is 376 g/mol. The van der Waals surface area contributed by atoms with Crippen LogP contribution in [0, 0.1) is 0 Å². The lowest BCUT2D eigenvalue weighted by Crippen LogP contribution is -2.11. The van der Waals surface area contributed by atoms with Gasteiger partial charge in [0.25, 0.3) is 0 Å². The van der Waals surface area contributed by atoms with Crippen molar-refractivity contribution >= 4 is 43.2 Å². The summed E-state index contributed by atoms with van der Waals surface area (Å²) in [5.41, 5.74) is 0.463. The van der Waals surface area contributed by atoms with E-state index in [0.29, 0.717) is 10.6 Å². The molecule has 0 aliphatic rings. The Bertz CT molecular complexity index is 737. The summed E-state index contributed by atoms with van der Waals surface area (Å²) in [4.78, 5) is 12.2. The third-order valence-electron chi connectivity index (χ3n) is 2.94. The molecule has 0 bridgehead atoms. The van der Waals surface area contributed by atoms with Crippen LogP contribution in [0.1, 0.15) is 16.8 Å². The lowest BCUT2D eigenvalue weighted by Gasteiger charge is -2.05. The number of sulfone groups is 1. The fourth-order valence-corrected chi connectivity index (χ4v) is 3.40. The van der Waals surface area contributed by atoms with Crippen LogP contribution in [0.25, 0.3) is 0 Å². The van der Waals surface area contributed by atoms with Gasteiger partial charge in [0, 0.05) is 21.5 Å². The van der Waals surface area contributed by atoms with E-state index in [1.54, 1.807) is 36.4 Å². The Morgan fingerprint density at radius 1 is 1.00 bits per heavy atom. The van der Waals surface area contributed by atoms with Gasteiger partial charge in [-0.15, -0.1) is 0 Å². The second-order valence-corrected chi connectivity index (χ2v) is 7.91. The zero-order valence-corrected chi connectivity index (χ0v) is 14.1. The molecule has 0 aliphatic carbocycles. The average Bonchev–Trinajstić information content (AvgIpc) is 2.46. The number of carbonyl (C=O) groups is 1. The predicted molar refractivity (Wildman–Crippen MR) is 86.6 cm³/mol. The molecular formula is C15H12BrClO3S. The van der Waals surface area contributed by atoms with Crippen LogP contribution in [0.15, 0.2) is 57.9 Å². The third kappa shape index (κ3) is 4.40. The first-order valence-corrected chi connectivity index (χ1v) is 8.98. The number of ketones is 1. The average molecular weight is 388 g/mol. The summed E-state index contributed by atoms with van der Waals surface area (Å²) < 4.78 is 25.1. The molecule has 2 aromatic rings. The molecule has 0 saturated carbocycles. The normalized spacial score (nSPS) is 11.3. The van der Waals surface area contributed by atoms with Gasteiger partial charge in [0.2, 0.25) is 0 Å². The Hall–Kier alpha value is -1.17. The molecule has 0 aromatic heterocycles. The smallest absolute Gasteiger partial charge is 0.178 e. The molecule has 2 aromatic carbocycles. The van der Waals surface area contributed by atoms with E-state index in [1.165, 1.54) is 12.1 Å². The molecule has 0 radical (unpaired) electrons. The van der Waals surface area contributed by atoms with E-state index in [9.17, 15) is 13.2 Å². The van der Waals surface area contributed by atoms with E-state index in [0.717, 1.165) is 4.47 Å². The first kappa shape index (κ1) is 16.2. The van der Waals surface area contributed by atoms with E-state index >= 15 is 0 Å². The maximum atomic E-state index is 12.1. The second kappa shape index (κ2) is 6.73. The van der Waals surface area contributed by atoms with Gasteiger partial charge < -0.3 is 0 Å². The maximum absolute atomic E-state index is 12.1. The number of carbonyl (C=O) groups excluding carboxylic acids is 1. The summed E-state index contributed by atoms with van der Waals surface area (Å²) in [6, 6.07) is 12.8. The van der Waals surface area contributed by atoms with Gasteiger partial charge in [-0.2, -0.15) is 0 Å². The second-order valence-electron chi connectivity index (χ2n) is 4.45. The molecule has 110 valence electrons. The number of hydrogen-bond acceptors (Lipinski definition) is 3. The first-order valence-electron chi connectivity index (χ1n) is 6.15. The SMILES string of the molecule is O=C(CCS(=O)(=O)c1ccc(Br)cc1)c1ccc(Cl)cc1. The molecule has 0 heterocycles. The summed E-state index contributed by atoms with van der Waals surface area (Å²) in [7, 11) is -3.46. The summed E-state index contributed by atoms with van der Waals surface area (Å²) >= 11 is 9.00. The van der Waals surface area contributed by atoms with Gasteiger partial charge in [0.1, 0.15) is 0 Å². The van der Waals surface area contributed by atoms with Crippen molar-refractivity contribution < 1.29 is 13.2 Å². The fourth-order valence-electron chi connectivity index (χ4n) is 1.77. The molecule has 0 fully saturated rings. The van der Waals surface area contributed by atoms with Gasteiger partial charge in [-0.25, -0.2) is 8.42 Å². The molecule has 6 heteroatoms. The zero-order valence-electron chi connectivity index (χ0n) is 10.9. The zero-order chi connectivity index (χ0) is 15.5. The van der Waals surface area contributed by atoms with Crippen molar-refractivity contribution in [1.29, 1.82) is 0 Å². The van der Waals surface area contributed by atoms with E-state index in [-0.39, 0.29) is 22.9 Å². The highest BCUT2D eigenvalue weighted by Gasteiger charge is 2.17. The highest BCUT2D eigenvalue weighted by molar-refractivity contribution is 9.10. The number of hydrogen-bond donors (Lipinski definition) is 0. The molecule has 0 amide bonds. The molecule has 0 aliphatic heterocycles. The van der Waals surface area contributed by atoms with Crippen molar-refractivity contribution in [2.75, 3.05) is 5.75 Å². The standard InChI is InChI=1S/C15H12BrClO3S/c16-12-3-7-14(8-4-12)21(19,20)10-9-15(18)11-1-5-13(17)6-2-11/h1-8H,9-10H2. The molecule has 0 atom stereocenters. The molecule has 0 spiro atoms. The van der Waals surface area contributed by atoms with Crippen LogP contribution in [0.5, 0.6) is 0 Å². The Balaban J connectivity index is 2.06. The summed E-state index contributed by atoms with van der Waals surface area (Å²) in [5, 5.41) is 0.536. The lowest BCUT2D eigenvalue weighted by molar-refractivity contribution is 0.0989. The van der Waals surface area contributed by atoms with Crippen molar-refractivity contribution in [3.63, 3.8) is 0 Å². The largest absolute Gasteiger partial charge is 0.294 e. The van der Waals surface area contributed by atoms with Crippen LogP contribution < -0.4 is 0 Å². The van der Waals surface area contributed by atoms with Crippen molar-refractivity contribution in [2.45, 2.75) is 11.3 Å². The van der Waals surface area contributed by atoms with Crippen molar-refractivity contribution in [2.24, 2.45) is 0 Å².